The van der Waals surface area contributed by atoms with Gasteiger partial charge in [0, 0.05) is 24.0 Å². The van der Waals surface area contributed by atoms with Gasteiger partial charge < -0.3 is 15.0 Å². The fourth-order valence-corrected chi connectivity index (χ4v) is 4.14. The zero-order valence-corrected chi connectivity index (χ0v) is 17.6. The number of carboxylic acids is 1. The van der Waals surface area contributed by atoms with E-state index >= 15 is 0 Å². The van der Waals surface area contributed by atoms with Gasteiger partial charge in [-0.1, -0.05) is 78.9 Å². The maximum absolute atomic E-state index is 11.6. The fraction of sp³-hybridized carbons (Fsp3) is 0.222. The van der Waals surface area contributed by atoms with E-state index in [-0.39, 0.29) is 6.42 Å². The summed E-state index contributed by atoms with van der Waals surface area (Å²) in [5.41, 5.74) is 4.47. The molecule has 0 aliphatic heterocycles. The SMILES string of the molecule is O=C(O)Cc1c(NCCCCc2ccccc2)n(Cc2ccccc2)c2ccccc12. The van der Waals surface area contributed by atoms with Crippen molar-refractivity contribution in [2.75, 3.05) is 11.9 Å². The number of aryl methyl sites for hydroxylation is 1. The number of unbranched alkanes of at least 4 members (excludes halogenated alkanes) is 1. The van der Waals surface area contributed by atoms with Crippen molar-refractivity contribution in [3.63, 3.8) is 0 Å². The van der Waals surface area contributed by atoms with Crippen LogP contribution in [0.1, 0.15) is 29.5 Å². The van der Waals surface area contributed by atoms with Crippen molar-refractivity contribution < 1.29 is 9.90 Å². The van der Waals surface area contributed by atoms with E-state index in [1.165, 1.54) is 11.1 Å². The highest BCUT2D eigenvalue weighted by atomic mass is 16.4. The largest absolute Gasteiger partial charge is 0.481 e. The van der Waals surface area contributed by atoms with Crippen LogP contribution < -0.4 is 5.32 Å². The van der Waals surface area contributed by atoms with E-state index in [1.807, 2.05) is 42.5 Å². The second-order valence-corrected chi connectivity index (χ2v) is 7.86. The van der Waals surface area contributed by atoms with E-state index in [0.717, 1.165) is 48.1 Å². The molecule has 3 aromatic carbocycles. The fourth-order valence-electron chi connectivity index (χ4n) is 4.14. The lowest BCUT2D eigenvalue weighted by molar-refractivity contribution is -0.136. The summed E-state index contributed by atoms with van der Waals surface area (Å²) in [6, 6.07) is 28.9. The molecule has 1 heterocycles. The summed E-state index contributed by atoms with van der Waals surface area (Å²) >= 11 is 0. The number of aromatic nitrogens is 1. The molecule has 4 aromatic rings. The van der Waals surface area contributed by atoms with Crippen LogP contribution in [0.2, 0.25) is 0 Å². The summed E-state index contributed by atoms with van der Waals surface area (Å²) < 4.78 is 2.22. The van der Waals surface area contributed by atoms with Gasteiger partial charge in [0.2, 0.25) is 0 Å². The molecule has 0 spiro atoms. The summed E-state index contributed by atoms with van der Waals surface area (Å²) in [6.07, 6.45) is 3.17. The number of hydrogen-bond donors (Lipinski definition) is 2. The van der Waals surface area contributed by atoms with Gasteiger partial charge in [-0.15, -0.1) is 0 Å². The van der Waals surface area contributed by atoms with E-state index in [1.54, 1.807) is 0 Å². The molecule has 0 fully saturated rings. The zero-order valence-electron chi connectivity index (χ0n) is 17.6. The topological polar surface area (TPSA) is 54.3 Å². The quantitative estimate of drug-likeness (QED) is 0.326. The van der Waals surface area contributed by atoms with Gasteiger partial charge in [-0.25, -0.2) is 0 Å². The Hall–Kier alpha value is -3.53. The Labute approximate surface area is 183 Å². The Morgan fingerprint density at radius 3 is 2.16 bits per heavy atom. The summed E-state index contributed by atoms with van der Waals surface area (Å²) in [4.78, 5) is 11.6. The maximum atomic E-state index is 11.6. The van der Waals surface area contributed by atoms with Crippen molar-refractivity contribution >= 4 is 22.7 Å². The standard InChI is InChI=1S/C27H28N2O2/c30-26(31)19-24-23-16-7-8-17-25(23)29(20-22-14-5-2-6-15-22)27(24)28-18-10-9-13-21-11-3-1-4-12-21/h1-8,11-12,14-17,28H,9-10,13,18-20H2,(H,30,31). The highest BCUT2D eigenvalue weighted by Crippen LogP contribution is 2.32. The van der Waals surface area contributed by atoms with E-state index in [2.05, 4.69) is 52.3 Å². The number of rotatable bonds is 10. The van der Waals surface area contributed by atoms with E-state index in [9.17, 15) is 9.90 Å². The highest BCUT2D eigenvalue weighted by Gasteiger charge is 2.19. The molecule has 0 amide bonds. The third kappa shape index (κ3) is 5.15. The first-order chi connectivity index (χ1) is 15.2. The van der Waals surface area contributed by atoms with E-state index in [0.29, 0.717) is 6.54 Å². The Kier molecular flexibility index (Phi) is 6.68. The first-order valence-electron chi connectivity index (χ1n) is 10.9. The molecule has 0 saturated heterocycles. The third-order valence-corrected chi connectivity index (χ3v) is 5.61. The van der Waals surface area contributed by atoms with Gasteiger partial charge in [0.15, 0.2) is 0 Å². The second-order valence-electron chi connectivity index (χ2n) is 7.86. The monoisotopic (exact) mass is 412 g/mol. The lowest BCUT2D eigenvalue weighted by Crippen LogP contribution is -2.12. The van der Waals surface area contributed by atoms with Crippen molar-refractivity contribution in [3.8, 4) is 0 Å². The van der Waals surface area contributed by atoms with Crippen molar-refractivity contribution in [1.82, 2.24) is 4.57 Å². The molecule has 0 unspecified atom stereocenters. The molecule has 0 bridgehead atoms. The molecule has 1 aromatic heterocycles. The number of aliphatic carboxylic acids is 1. The van der Waals surface area contributed by atoms with Crippen LogP contribution in [0, 0.1) is 0 Å². The minimum Gasteiger partial charge on any atom is -0.481 e. The Balaban J connectivity index is 1.56. The van der Waals surface area contributed by atoms with Crippen molar-refractivity contribution in [3.05, 3.63) is 102 Å². The molecule has 0 saturated carbocycles. The summed E-state index contributed by atoms with van der Waals surface area (Å²) in [5.74, 6) is 0.113. The first kappa shape index (κ1) is 20.7. The van der Waals surface area contributed by atoms with Gasteiger partial charge in [-0.05, 0) is 36.5 Å². The van der Waals surface area contributed by atoms with Gasteiger partial charge in [-0.3, -0.25) is 4.79 Å². The Morgan fingerprint density at radius 1 is 0.806 bits per heavy atom. The number of carbonyl (C=O) groups is 1. The van der Waals surface area contributed by atoms with Gasteiger partial charge in [0.05, 0.1) is 11.9 Å². The highest BCUT2D eigenvalue weighted by molar-refractivity contribution is 5.93. The maximum Gasteiger partial charge on any atom is 0.307 e. The number of benzene rings is 3. The molecule has 31 heavy (non-hydrogen) atoms. The number of anilines is 1. The Morgan fingerprint density at radius 2 is 1.45 bits per heavy atom. The number of nitrogens with zero attached hydrogens (tertiary/aromatic N) is 1. The van der Waals surface area contributed by atoms with E-state index in [4.69, 9.17) is 0 Å². The van der Waals surface area contributed by atoms with Crippen molar-refractivity contribution in [1.29, 1.82) is 0 Å². The van der Waals surface area contributed by atoms with Crippen LogP contribution >= 0.6 is 0 Å². The lowest BCUT2D eigenvalue weighted by atomic mass is 10.1. The van der Waals surface area contributed by atoms with Crippen LogP contribution in [0.4, 0.5) is 5.82 Å². The average Bonchev–Trinajstić information content (AvgIpc) is 3.07. The van der Waals surface area contributed by atoms with Crippen LogP contribution in [-0.4, -0.2) is 22.2 Å². The van der Waals surface area contributed by atoms with Crippen molar-refractivity contribution in [2.24, 2.45) is 0 Å². The number of fused-ring (bicyclic) bond motifs is 1. The third-order valence-electron chi connectivity index (χ3n) is 5.61. The molecule has 0 aliphatic rings. The number of para-hydroxylation sites is 1. The molecule has 4 rings (SSSR count). The van der Waals surface area contributed by atoms with Gasteiger partial charge >= 0.3 is 5.97 Å². The molecule has 158 valence electrons. The minimum atomic E-state index is -0.810. The van der Waals surface area contributed by atoms with Crippen molar-refractivity contribution in [2.45, 2.75) is 32.2 Å². The summed E-state index contributed by atoms with van der Waals surface area (Å²) in [5, 5.41) is 14.1. The van der Waals surface area contributed by atoms with Gasteiger partial charge in [0.25, 0.3) is 0 Å². The number of carboxylic acid groups (broad SMARTS) is 1. The second kappa shape index (κ2) is 9.98. The number of hydrogen-bond acceptors (Lipinski definition) is 2. The molecular formula is C27H28N2O2. The normalized spacial score (nSPS) is 11.0. The average molecular weight is 413 g/mol. The number of nitrogens with one attached hydrogen (secondary N) is 1. The van der Waals surface area contributed by atoms with Crippen LogP contribution in [0.5, 0.6) is 0 Å². The molecular weight excluding hydrogens is 384 g/mol. The van der Waals surface area contributed by atoms with E-state index < -0.39 is 5.97 Å². The van der Waals surface area contributed by atoms with Crippen LogP contribution in [0.25, 0.3) is 10.9 Å². The van der Waals surface area contributed by atoms with Crippen LogP contribution in [-0.2, 0) is 24.2 Å². The predicted molar refractivity (Wildman–Crippen MR) is 127 cm³/mol. The molecule has 0 atom stereocenters. The molecule has 0 radical (unpaired) electrons. The summed E-state index contributed by atoms with van der Waals surface area (Å²) in [6.45, 7) is 1.51. The zero-order chi connectivity index (χ0) is 21.5. The van der Waals surface area contributed by atoms with Crippen LogP contribution in [0.3, 0.4) is 0 Å². The van der Waals surface area contributed by atoms with Crippen LogP contribution in [0.15, 0.2) is 84.9 Å². The van der Waals surface area contributed by atoms with Gasteiger partial charge in [0.1, 0.15) is 5.82 Å². The smallest absolute Gasteiger partial charge is 0.307 e. The Bertz CT molecular complexity index is 1130. The molecule has 4 nitrogen and oxygen atoms in total. The molecule has 0 aliphatic carbocycles. The van der Waals surface area contributed by atoms with Gasteiger partial charge in [-0.2, -0.15) is 0 Å². The summed E-state index contributed by atoms with van der Waals surface area (Å²) in [7, 11) is 0. The minimum absolute atomic E-state index is 0.00858. The molecule has 2 N–H and O–H groups in total. The molecule has 4 heteroatoms. The lowest BCUT2D eigenvalue weighted by Gasteiger charge is -2.14. The predicted octanol–water partition coefficient (Wildman–Crippen LogP) is 5.75. The first-order valence-corrected chi connectivity index (χ1v) is 10.9.